The largest absolute Gasteiger partial charge is 0.332 e. The van der Waals surface area contributed by atoms with Crippen LogP contribution in [-0.2, 0) is 16.4 Å². The van der Waals surface area contributed by atoms with Gasteiger partial charge in [-0.3, -0.25) is 4.31 Å². The summed E-state index contributed by atoms with van der Waals surface area (Å²) in [6.07, 6.45) is 1.28. The van der Waals surface area contributed by atoms with Gasteiger partial charge in [-0.2, -0.15) is 0 Å². The zero-order valence-corrected chi connectivity index (χ0v) is 20.4. The van der Waals surface area contributed by atoms with Gasteiger partial charge in [-0.15, -0.1) is 0 Å². The quantitative estimate of drug-likeness (QED) is 0.407. The fraction of sp³-hybridized carbons (Fsp3) is 0.174. The van der Waals surface area contributed by atoms with Crippen molar-refractivity contribution in [2.24, 2.45) is 0 Å². The zero-order valence-electron chi connectivity index (χ0n) is 17.2. The minimum absolute atomic E-state index is 0.166. The minimum atomic E-state index is -3.81. The third-order valence-electron chi connectivity index (χ3n) is 5.28. The molecule has 0 radical (unpaired) electrons. The van der Waals surface area contributed by atoms with Crippen molar-refractivity contribution in [1.82, 2.24) is 0 Å². The predicted octanol–water partition coefficient (Wildman–Crippen LogP) is 5.93. The first kappa shape index (κ1) is 22.7. The third kappa shape index (κ3) is 4.79. The molecule has 0 aliphatic carbocycles. The van der Waals surface area contributed by atoms with Crippen molar-refractivity contribution in [3.05, 3.63) is 82.6 Å². The molecule has 1 heterocycles. The predicted molar refractivity (Wildman–Crippen MR) is 134 cm³/mol. The molecule has 3 aromatic rings. The van der Waals surface area contributed by atoms with E-state index in [1.165, 1.54) is 16.4 Å². The van der Waals surface area contributed by atoms with Crippen LogP contribution in [0, 0.1) is 5.82 Å². The fourth-order valence-electron chi connectivity index (χ4n) is 3.71. The number of halogens is 2. The Morgan fingerprint density at radius 2 is 1.62 bits per heavy atom. The highest BCUT2D eigenvalue weighted by molar-refractivity contribution is 9.10. The van der Waals surface area contributed by atoms with Crippen molar-refractivity contribution < 1.29 is 12.8 Å². The standard InChI is InChI=1S/C23H21BrFN3O2S2/c1-15-2-3-16-14-18(25)6-13-22(16)28(15)32(29,30)21-11-9-20(10-12-21)27-23(31)26-19-7-4-17(24)5-8-19/h4-15H,2-3H2,1H3,(H2,26,27,31)/t15-/m1/s1. The summed E-state index contributed by atoms with van der Waals surface area (Å²) in [6.45, 7) is 1.87. The lowest BCUT2D eigenvalue weighted by Crippen LogP contribution is -2.42. The van der Waals surface area contributed by atoms with E-state index >= 15 is 0 Å². The summed E-state index contributed by atoms with van der Waals surface area (Å²) in [6, 6.07) is 18.0. The van der Waals surface area contributed by atoms with Crippen LogP contribution >= 0.6 is 28.1 Å². The van der Waals surface area contributed by atoms with E-state index < -0.39 is 10.0 Å². The van der Waals surface area contributed by atoms with Crippen LogP contribution in [0.4, 0.5) is 21.5 Å². The first-order valence-corrected chi connectivity index (χ1v) is 12.6. The molecule has 0 saturated carbocycles. The van der Waals surface area contributed by atoms with Crippen molar-refractivity contribution in [2.45, 2.75) is 30.7 Å². The van der Waals surface area contributed by atoms with Crippen LogP contribution in [-0.4, -0.2) is 19.6 Å². The highest BCUT2D eigenvalue weighted by Gasteiger charge is 2.33. The highest BCUT2D eigenvalue weighted by Crippen LogP contribution is 2.36. The van der Waals surface area contributed by atoms with Crippen molar-refractivity contribution in [2.75, 3.05) is 14.9 Å². The van der Waals surface area contributed by atoms with Gasteiger partial charge in [0.05, 0.1) is 10.6 Å². The van der Waals surface area contributed by atoms with Crippen molar-refractivity contribution in [1.29, 1.82) is 0 Å². The average Bonchev–Trinajstić information content (AvgIpc) is 2.75. The SMILES string of the molecule is C[C@@H]1CCc2cc(F)ccc2N1S(=O)(=O)c1ccc(NC(=S)Nc2ccc(Br)cc2)cc1. The van der Waals surface area contributed by atoms with Crippen LogP contribution in [0.3, 0.4) is 0 Å². The lowest BCUT2D eigenvalue weighted by Gasteiger charge is -2.36. The average molecular weight is 534 g/mol. The van der Waals surface area contributed by atoms with Gasteiger partial charge < -0.3 is 10.6 Å². The lowest BCUT2D eigenvalue weighted by molar-refractivity contribution is 0.560. The van der Waals surface area contributed by atoms with Gasteiger partial charge >= 0.3 is 0 Å². The third-order valence-corrected chi connectivity index (χ3v) is 7.96. The fourth-order valence-corrected chi connectivity index (χ4v) is 5.93. The van der Waals surface area contributed by atoms with E-state index in [0.717, 1.165) is 10.2 Å². The molecule has 0 saturated heterocycles. The van der Waals surface area contributed by atoms with Crippen molar-refractivity contribution in [3.63, 3.8) is 0 Å². The van der Waals surface area contributed by atoms with Gasteiger partial charge in [0.15, 0.2) is 5.11 Å². The molecule has 0 aromatic heterocycles. The molecule has 1 atom stereocenters. The van der Waals surface area contributed by atoms with Crippen LogP contribution < -0.4 is 14.9 Å². The number of nitrogens with zero attached hydrogens (tertiary/aromatic N) is 1. The lowest BCUT2D eigenvalue weighted by atomic mass is 9.99. The van der Waals surface area contributed by atoms with E-state index in [2.05, 4.69) is 26.6 Å². The molecule has 1 aliphatic heterocycles. The summed E-state index contributed by atoms with van der Waals surface area (Å²) in [5.41, 5.74) is 2.73. The molecule has 4 rings (SSSR count). The number of rotatable bonds is 4. The second-order valence-electron chi connectivity index (χ2n) is 7.57. The topological polar surface area (TPSA) is 61.4 Å². The molecule has 3 aromatic carbocycles. The second-order valence-corrected chi connectivity index (χ2v) is 10.7. The summed E-state index contributed by atoms with van der Waals surface area (Å²) in [7, 11) is -3.81. The molecule has 9 heteroatoms. The maximum absolute atomic E-state index is 13.6. The summed E-state index contributed by atoms with van der Waals surface area (Å²) in [5.74, 6) is -0.362. The number of hydrogen-bond acceptors (Lipinski definition) is 3. The Kier molecular flexibility index (Phi) is 6.50. The Balaban J connectivity index is 1.52. The maximum atomic E-state index is 13.6. The number of aryl methyl sites for hydroxylation is 1. The van der Waals surface area contributed by atoms with Crippen LogP contribution in [0.15, 0.2) is 76.1 Å². The number of thiocarbonyl (C=S) groups is 1. The number of sulfonamides is 1. The van der Waals surface area contributed by atoms with Gasteiger partial charge in [0.25, 0.3) is 10.0 Å². The van der Waals surface area contributed by atoms with Crippen LogP contribution in [0.1, 0.15) is 18.9 Å². The van der Waals surface area contributed by atoms with E-state index in [0.29, 0.717) is 34.9 Å². The number of nitrogens with one attached hydrogen (secondary N) is 2. The van der Waals surface area contributed by atoms with Crippen LogP contribution in [0.5, 0.6) is 0 Å². The number of anilines is 3. The van der Waals surface area contributed by atoms with Crippen molar-refractivity contribution in [3.8, 4) is 0 Å². The minimum Gasteiger partial charge on any atom is -0.332 e. The van der Waals surface area contributed by atoms with E-state index in [1.807, 2.05) is 31.2 Å². The smallest absolute Gasteiger partial charge is 0.264 e. The highest BCUT2D eigenvalue weighted by atomic mass is 79.9. The Bertz CT molecular complexity index is 1250. The van der Waals surface area contributed by atoms with Gasteiger partial charge in [0.2, 0.25) is 0 Å². The number of benzene rings is 3. The van der Waals surface area contributed by atoms with Crippen molar-refractivity contribution >= 4 is 60.3 Å². The zero-order chi connectivity index (χ0) is 22.9. The molecule has 0 unspecified atom stereocenters. The Labute approximate surface area is 200 Å². The van der Waals surface area contributed by atoms with E-state index in [9.17, 15) is 12.8 Å². The molecule has 0 bridgehead atoms. The first-order chi connectivity index (χ1) is 15.2. The molecular formula is C23H21BrFN3O2S2. The van der Waals surface area contributed by atoms with Gasteiger partial charge in [-0.05, 0) is 104 Å². The van der Waals surface area contributed by atoms with E-state index in [1.54, 1.807) is 30.3 Å². The van der Waals surface area contributed by atoms with Gasteiger partial charge in [0, 0.05) is 21.9 Å². The van der Waals surface area contributed by atoms with E-state index in [4.69, 9.17) is 12.2 Å². The molecular weight excluding hydrogens is 513 g/mol. The summed E-state index contributed by atoms with van der Waals surface area (Å²) < 4.78 is 42.8. The maximum Gasteiger partial charge on any atom is 0.264 e. The molecule has 32 heavy (non-hydrogen) atoms. The second kappa shape index (κ2) is 9.17. The van der Waals surface area contributed by atoms with Crippen LogP contribution in [0.25, 0.3) is 0 Å². The van der Waals surface area contributed by atoms with E-state index in [-0.39, 0.29) is 16.8 Å². The summed E-state index contributed by atoms with van der Waals surface area (Å²) >= 11 is 8.73. The van der Waals surface area contributed by atoms with Gasteiger partial charge in [-0.25, -0.2) is 12.8 Å². The normalized spacial score (nSPS) is 15.7. The number of hydrogen-bond donors (Lipinski definition) is 2. The molecule has 166 valence electrons. The van der Waals surface area contributed by atoms with Gasteiger partial charge in [0.1, 0.15) is 5.82 Å². The molecule has 0 amide bonds. The first-order valence-electron chi connectivity index (χ1n) is 10.0. The van der Waals surface area contributed by atoms with Crippen LogP contribution in [0.2, 0.25) is 0 Å². The monoisotopic (exact) mass is 533 g/mol. The Morgan fingerprint density at radius 3 is 2.25 bits per heavy atom. The Hall–Kier alpha value is -2.49. The molecule has 5 nitrogen and oxygen atoms in total. The summed E-state index contributed by atoms with van der Waals surface area (Å²) in [4.78, 5) is 0.166. The molecule has 0 spiro atoms. The summed E-state index contributed by atoms with van der Waals surface area (Å²) in [5, 5.41) is 6.52. The Morgan fingerprint density at radius 1 is 1.03 bits per heavy atom. The number of fused-ring (bicyclic) bond motifs is 1. The molecule has 1 aliphatic rings. The van der Waals surface area contributed by atoms with Gasteiger partial charge in [-0.1, -0.05) is 15.9 Å². The molecule has 2 N–H and O–H groups in total. The molecule has 0 fully saturated rings.